The van der Waals surface area contributed by atoms with Gasteiger partial charge in [-0.2, -0.15) is 5.21 Å². The van der Waals surface area contributed by atoms with Gasteiger partial charge >= 0.3 is 0 Å². The second-order valence-electron chi connectivity index (χ2n) is 10.5. The number of rotatable bonds is 7. The Hall–Kier alpha value is -5.11. The quantitative estimate of drug-likeness (QED) is 0.255. The molecule has 0 atom stereocenters. The zero-order valence-corrected chi connectivity index (χ0v) is 23.0. The first-order chi connectivity index (χ1) is 20.1. The van der Waals surface area contributed by atoms with Gasteiger partial charge in [-0.15, -0.1) is 10.2 Å². The summed E-state index contributed by atoms with van der Waals surface area (Å²) in [6.45, 7) is 5.45. The van der Waals surface area contributed by atoms with E-state index in [0.717, 1.165) is 74.3 Å². The van der Waals surface area contributed by atoms with E-state index in [-0.39, 0.29) is 5.91 Å². The molecular formula is C33H29N7O. The van der Waals surface area contributed by atoms with E-state index in [1.165, 1.54) is 0 Å². The van der Waals surface area contributed by atoms with Crippen LogP contribution in [0.3, 0.4) is 0 Å². The molecule has 0 fully saturated rings. The minimum Gasteiger partial charge on any atom is -0.323 e. The van der Waals surface area contributed by atoms with Crippen molar-refractivity contribution < 1.29 is 4.79 Å². The molecule has 202 valence electrons. The number of hydrogen-bond donors (Lipinski definition) is 1. The number of nitrogens with zero attached hydrogens (tertiary/aromatic N) is 6. The Kier molecular flexibility index (Phi) is 6.15. The fourth-order valence-corrected chi connectivity index (χ4v) is 5.83. The van der Waals surface area contributed by atoms with Crippen LogP contribution in [-0.2, 0) is 19.5 Å². The van der Waals surface area contributed by atoms with Crippen LogP contribution in [0, 0.1) is 6.92 Å². The van der Waals surface area contributed by atoms with Gasteiger partial charge in [-0.25, -0.2) is 4.98 Å². The van der Waals surface area contributed by atoms with E-state index < -0.39 is 0 Å². The summed E-state index contributed by atoms with van der Waals surface area (Å²) in [5.74, 6) is 1.63. The lowest BCUT2D eigenvalue weighted by atomic mass is 9.97. The van der Waals surface area contributed by atoms with Gasteiger partial charge in [-0.1, -0.05) is 67.6 Å². The van der Waals surface area contributed by atoms with Crippen LogP contribution in [0.5, 0.6) is 0 Å². The molecule has 0 saturated heterocycles. The molecule has 0 bridgehead atoms. The topological polar surface area (TPSA) is 92.6 Å². The molecule has 1 N–H and O–H groups in total. The van der Waals surface area contributed by atoms with Crippen molar-refractivity contribution in [1.29, 1.82) is 0 Å². The predicted molar refractivity (Wildman–Crippen MR) is 160 cm³/mol. The Labute approximate surface area is 237 Å². The van der Waals surface area contributed by atoms with E-state index in [4.69, 9.17) is 4.98 Å². The van der Waals surface area contributed by atoms with Crippen LogP contribution in [-0.4, -0.2) is 36.1 Å². The molecule has 41 heavy (non-hydrogen) atoms. The Bertz CT molecular complexity index is 1890. The van der Waals surface area contributed by atoms with Crippen molar-refractivity contribution in [2.45, 2.75) is 39.8 Å². The molecule has 8 nitrogen and oxygen atoms in total. The average Bonchev–Trinajstić information content (AvgIpc) is 3.73. The maximum absolute atomic E-state index is 13.3. The van der Waals surface area contributed by atoms with E-state index in [2.05, 4.69) is 81.5 Å². The number of nitrogens with one attached hydrogen (secondary N) is 1. The number of amides is 1. The number of imidazole rings is 1. The van der Waals surface area contributed by atoms with Gasteiger partial charge in [0, 0.05) is 29.8 Å². The van der Waals surface area contributed by atoms with Crippen LogP contribution in [0.4, 0.5) is 5.69 Å². The van der Waals surface area contributed by atoms with Crippen LogP contribution in [0.2, 0.25) is 0 Å². The highest BCUT2D eigenvalue weighted by molar-refractivity contribution is 6.10. The number of carbonyl (C=O) groups is 1. The summed E-state index contributed by atoms with van der Waals surface area (Å²) < 4.78 is 2.29. The van der Waals surface area contributed by atoms with E-state index >= 15 is 0 Å². The molecular weight excluding hydrogens is 510 g/mol. The molecule has 7 rings (SSSR count). The fourth-order valence-electron chi connectivity index (χ4n) is 5.83. The SMILES string of the molecule is CCCc1nc2c(C)cc(N3Cc4ccccc4C3=O)cc2n1Cc1ccc(-c2ccccc2)c(-c2nn[nH]n2)c1. The van der Waals surface area contributed by atoms with Crippen molar-refractivity contribution in [1.82, 2.24) is 30.2 Å². The largest absolute Gasteiger partial charge is 0.323 e. The molecule has 2 aromatic heterocycles. The number of anilines is 1. The molecule has 6 aromatic rings. The van der Waals surface area contributed by atoms with Crippen LogP contribution >= 0.6 is 0 Å². The fraction of sp³-hybridized carbons (Fsp3) is 0.182. The van der Waals surface area contributed by atoms with Crippen LogP contribution in [0.15, 0.2) is 84.9 Å². The van der Waals surface area contributed by atoms with Gasteiger partial charge in [0.25, 0.3) is 5.91 Å². The van der Waals surface area contributed by atoms with Crippen molar-refractivity contribution in [2.75, 3.05) is 4.90 Å². The lowest BCUT2D eigenvalue weighted by Crippen LogP contribution is -2.23. The van der Waals surface area contributed by atoms with Crippen molar-refractivity contribution in [3.8, 4) is 22.5 Å². The Morgan fingerprint density at radius 1 is 0.902 bits per heavy atom. The zero-order chi connectivity index (χ0) is 27.9. The minimum absolute atomic E-state index is 0.0421. The second-order valence-corrected chi connectivity index (χ2v) is 10.5. The third kappa shape index (κ3) is 4.37. The molecule has 0 aliphatic carbocycles. The summed E-state index contributed by atoms with van der Waals surface area (Å²) >= 11 is 0. The lowest BCUT2D eigenvalue weighted by Gasteiger charge is -2.18. The number of tetrazole rings is 1. The first-order valence-electron chi connectivity index (χ1n) is 13.9. The predicted octanol–water partition coefficient (Wildman–Crippen LogP) is 6.35. The highest BCUT2D eigenvalue weighted by Crippen LogP contribution is 2.34. The highest BCUT2D eigenvalue weighted by Gasteiger charge is 2.29. The minimum atomic E-state index is 0.0421. The first kappa shape index (κ1) is 24.9. The van der Waals surface area contributed by atoms with Gasteiger partial charge < -0.3 is 9.47 Å². The summed E-state index contributed by atoms with van der Waals surface area (Å²) in [6, 6.07) is 28.7. The van der Waals surface area contributed by atoms with E-state index in [0.29, 0.717) is 18.9 Å². The molecule has 0 saturated carbocycles. The molecule has 1 aliphatic heterocycles. The van der Waals surface area contributed by atoms with Crippen LogP contribution < -0.4 is 4.90 Å². The number of fused-ring (bicyclic) bond motifs is 2. The third-order valence-corrected chi connectivity index (χ3v) is 7.81. The maximum Gasteiger partial charge on any atom is 0.258 e. The molecule has 8 heteroatoms. The Morgan fingerprint density at radius 2 is 1.73 bits per heavy atom. The summed E-state index contributed by atoms with van der Waals surface area (Å²) in [5.41, 5.74) is 9.95. The summed E-state index contributed by atoms with van der Waals surface area (Å²) in [4.78, 5) is 20.3. The first-order valence-corrected chi connectivity index (χ1v) is 13.9. The normalized spacial score (nSPS) is 12.8. The van der Waals surface area contributed by atoms with E-state index in [1.807, 2.05) is 47.4 Å². The third-order valence-electron chi connectivity index (χ3n) is 7.81. The van der Waals surface area contributed by atoms with Crippen LogP contribution in [0.1, 0.15) is 46.2 Å². The van der Waals surface area contributed by atoms with Crippen molar-refractivity contribution in [3.63, 3.8) is 0 Å². The number of hydrogen-bond acceptors (Lipinski definition) is 5. The number of carbonyl (C=O) groups excluding carboxylic acids is 1. The van der Waals surface area contributed by atoms with Crippen molar-refractivity contribution in [3.05, 3.63) is 113 Å². The van der Waals surface area contributed by atoms with Gasteiger partial charge in [-0.3, -0.25) is 4.79 Å². The molecule has 3 heterocycles. The lowest BCUT2D eigenvalue weighted by molar-refractivity contribution is 0.0996. The van der Waals surface area contributed by atoms with E-state index in [1.54, 1.807) is 0 Å². The van der Waals surface area contributed by atoms with Gasteiger partial charge in [0.2, 0.25) is 5.82 Å². The van der Waals surface area contributed by atoms with Crippen molar-refractivity contribution >= 4 is 22.6 Å². The molecule has 0 spiro atoms. The summed E-state index contributed by atoms with van der Waals surface area (Å²) in [7, 11) is 0. The van der Waals surface area contributed by atoms with Gasteiger partial charge in [0.1, 0.15) is 5.82 Å². The zero-order valence-electron chi connectivity index (χ0n) is 23.0. The summed E-state index contributed by atoms with van der Waals surface area (Å²) in [6.07, 6.45) is 1.84. The average molecular weight is 540 g/mol. The highest BCUT2D eigenvalue weighted by atomic mass is 16.2. The van der Waals surface area contributed by atoms with Gasteiger partial charge in [0.05, 0.1) is 17.6 Å². The monoisotopic (exact) mass is 539 g/mol. The maximum atomic E-state index is 13.3. The summed E-state index contributed by atoms with van der Waals surface area (Å²) in [5, 5.41) is 15.0. The molecule has 0 unspecified atom stereocenters. The number of aromatic nitrogens is 6. The number of benzene rings is 4. The molecule has 1 amide bonds. The van der Waals surface area contributed by atoms with E-state index in [9.17, 15) is 4.79 Å². The molecule has 0 radical (unpaired) electrons. The second kappa shape index (κ2) is 10.1. The number of aryl methyl sites for hydroxylation is 2. The number of H-pyrrole nitrogens is 1. The van der Waals surface area contributed by atoms with Crippen LogP contribution in [0.25, 0.3) is 33.5 Å². The smallest absolute Gasteiger partial charge is 0.258 e. The standard InChI is InChI=1S/C33H29N7O/c1-3-9-30-34-31-21(2)16-25(39-20-24-12-7-8-13-27(24)33(39)41)18-29(31)40(30)19-22-14-15-26(23-10-5-4-6-11-23)28(17-22)32-35-37-38-36-32/h4-8,10-18H,3,9,19-20H2,1-2H3,(H,35,36,37,38). The Morgan fingerprint density at radius 3 is 2.51 bits per heavy atom. The molecule has 1 aliphatic rings. The number of aromatic amines is 1. The van der Waals surface area contributed by atoms with Crippen molar-refractivity contribution in [2.24, 2.45) is 0 Å². The Balaban J connectivity index is 1.32. The van der Waals surface area contributed by atoms with Gasteiger partial charge in [0.15, 0.2) is 0 Å². The van der Waals surface area contributed by atoms with Gasteiger partial charge in [-0.05, 0) is 70.6 Å². The molecule has 4 aromatic carbocycles.